The normalized spacial score (nSPS) is 13.8. The third-order valence-corrected chi connectivity index (χ3v) is 3.86. The number of benzene rings is 2. The minimum atomic E-state index is -0.115. The Labute approximate surface area is 141 Å². The molecule has 124 valence electrons. The summed E-state index contributed by atoms with van der Waals surface area (Å²) < 4.78 is 5.52. The summed E-state index contributed by atoms with van der Waals surface area (Å²) in [5.41, 5.74) is 1.52. The SMILES string of the molecule is O=C(CCOc1ccccc1)Nc1cccc(N2CCCC2=O)c1. The lowest BCUT2D eigenvalue weighted by molar-refractivity contribution is -0.117. The Morgan fingerprint density at radius 3 is 2.71 bits per heavy atom. The molecule has 3 rings (SSSR count). The molecule has 5 nitrogen and oxygen atoms in total. The van der Waals surface area contributed by atoms with Crippen molar-refractivity contribution in [1.82, 2.24) is 0 Å². The van der Waals surface area contributed by atoms with Gasteiger partial charge in [-0.25, -0.2) is 0 Å². The van der Waals surface area contributed by atoms with E-state index in [0.717, 1.165) is 24.4 Å². The van der Waals surface area contributed by atoms with Crippen molar-refractivity contribution in [2.45, 2.75) is 19.3 Å². The highest BCUT2D eigenvalue weighted by Crippen LogP contribution is 2.24. The van der Waals surface area contributed by atoms with Crippen molar-refractivity contribution in [2.24, 2.45) is 0 Å². The van der Waals surface area contributed by atoms with Crippen LogP contribution in [0.4, 0.5) is 11.4 Å². The molecule has 5 heteroatoms. The van der Waals surface area contributed by atoms with Gasteiger partial charge in [-0.1, -0.05) is 24.3 Å². The molecule has 0 radical (unpaired) electrons. The van der Waals surface area contributed by atoms with E-state index in [1.165, 1.54) is 0 Å². The first-order valence-corrected chi connectivity index (χ1v) is 8.10. The average Bonchev–Trinajstić information content (AvgIpc) is 3.02. The number of nitrogens with zero attached hydrogens (tertiary/aromatic N) is 1. The predicted octanol–water partition coefficient (Wildman–Crippen LogP) is 3.22. The summed E-state index contributed by atoms with van der Waals surface area (Å²) in [6.45, 7) is 1.06. The van der Waals surface area contributed by atoms with E-state index >= 15 is 0 Å². The van der Waals surface area contributed by atoms with Crippen LogP contribution in [0.15, 0.2) is 54.6 Å². The molecule has 2 aromatic carbocycles. The van der Waals surface area contributed by atoms with E-state index < -0.39 is 0 Å². The van der Waals surface area contributed by atoms with Gasteiger partial charge in [-0.2, -0.15) is 0 Å². The number of hydrogen-bond donors (Lipinski definition) is 1. The minimum Gasteiger partial charge on any atom is -0.493 e. The second kappa shape index (κ2) is 7.64. The molecule has 24 heavy (non-hydrogen) atoms. The van der Waals surface area contributed by atoms with Gasteiger partial charge >= 0.3 is 0 Å². The summed E-state index contributed by atoms with van der Waals surface area (Å²) in [5.74, 6) is 0.769. The summed E-state index contributed by atoms with van der Waals surface area (Å²) in [7, 11) is 0. The largest absolute Gasteiger partial charge is 0.493 e. The van der Waals surface area contributed by atoms with Gasteiger partial charge < -0.3 is 15.0 Å². The number of anilines is 2. The third-order valence-electron chi connectivity index (χ3n) is 3.86. The van der Waals surface area contributed by atoms with E-state index in [4.69, 9.17) is 4.74 Å². The standard InChI is InChI=1S/C19H20N2O3/c22-18(11-13-24-17-8-2-1-3-9-17)20-15-6-4-7-16(14-15)21-12-5-10-19(21)23/h1-4,6-9,14H,5,10-13H2,(H,20,22). The molecule has 0 atom stereocenters. The zero-order chi connectivity index (χ0) is 16.8. The van der Waals surface area contributed by atoms with Crippen LogP contribution >= 0.6 is 0 Å². The number of carbonyl (C=O) groups excluding carboxylic acids is 2. The van der Waals surface area contributed by atoms with Crippen molar-refractivity contribution in [3.63, 3.8) is 0 Å². The number of nitrogens with one attached hydrogen (secondary N) is 1. The van der Waals surface area contributed by atoms with Crippen LogP contribution in [-0.2, 0) is 9.59 Å². The van der Waals surface area contributed by atoms with E-state index in [0.29, 0.717) is 18.7 Å². The maximum absolute atomic E-state index is 12.0. The molecular formula is C19H20N2O3. The lowest BCUT2D eigenvalue weighted by Crippen LogP contribution is -2.23. The quantitative estimate of drug-likeness (QED) is 0.887. The van der Waals surface area contributed by atoms with E-state index in [1.807, 2.05) is 54.6 Å². The molecule has 0 aliphatic carbocycles. The van der Waals surface area contributed by atoms with Crippen LogP contribution < -0.4 is 15.0 Å². The Bertz CT molecular complexity index is 716. The van der Waals surface area contributed by atoms with Gasteiger partial charge in [0, 0.05) is 24.3 Å². The van der Waals surface area contributed by atoms with Crippen LogP contribution in [0.5, 0.6) is 5.75 Å². The number of ether oxygens (including phenoxy) is 1. The smallest absolute Gasteiger partial charge is 0.227 e. The van der Waals surface area contributed by atoms with Gasteiger partial charge in [0.25, 0.3) is 0 Å². The molecule has 0 unspecified atom stereocenters. The highest BCUT2D eigenvalue weighted by Gasteiger charge is 2.21. The molecule has 1 aliphatic heterocycles. The second-order valence-corrected chi connectivity index (χ2v) is 5.66. The lowest BCUT2D eigenvalue weighted by atomic mass is 10.2. The van der Waals surface area contributed by atoms with Crippen molar-refractivity contribution in [1.29, 1.82) is 0 Å². The molecule has 2 aromatic rings. The number of para-hydroxylation sites is 1. The van der Waals surface area contributed by atoms with Gasteiger partial charge in [0.05, 0.1) is 13.0 Å². The first-order chi connectivity index (χ1) is 11.7. The van der Waals surface area contributed by atoms with Crippen molar-refractivity contribution < 1.29 is 14.3 Å². The van der Waals surface area contributed by atoms with Crippen molar-refractivity contribution in [3.05, 3.63) is 54.6 Å². The van der Waals surface area contributed by atoms with Gasteiger partial charge in [-0.3, -0.25) is 9.59 Å². The molecule has 1 fully saturated rings. The molecule has 0 spiro atoms. The third kappa shape index (κ3) is 4.13. The lowest BCUT2D eigenvalue weighted by Gasteiger charge is -2.16. The Morgan fingerprint density at radius 1 is 1.12 bits per heavy atom. The molecule has 1 saturated heterocycles. The molecule has 0 aromatic heterocycles. The molecule has 1 heterocycles. The van der Waals surface area contributed by atoms with Crippen LogP contribution in [0.2, 0.25) is 0 Å². The first kappa shape index (κ1) is 16.1. The summed E-state index contributed by atoms with van der Waals surface area (Å²) in [4.78, 5) is 25.6. The molecule has 1 N–H and O–H groups in total. The van der Waals surface area contributed by atoms with Gasteiger partial charge in [-0.05, 0) is 36.8 Å². The second-order valence-electron chi connectivity index (χ2n) is 5.66. The highest BCUT2D eigenvalue weighted by atomic mass is 16.5. The fraction of sp³-hybridized carbons (Fsp3) is 0.263. The summed E-state index contributed by atoms with van der Waals surface area (Å²) in [6.07, 6.45) is 1.74. The van der Waals surface area contributed by atoms with Crippen LogP contribution in [0, 0.1) is 0 Å². The Hall–Kier alpha value is -2.82. The fourth-order valence-corrected chi connectivity index (χ4v) is 2.67. The van der Waals surface area contributed by atoms with Gasteiger partial charge in [-0.15, -0.1) is 0 Å². The fourth-order valence-electron chi connectivity index (χ4n) is 2.67. The van der Waals surface area contributed by atoms with Crippen LogP contribution in [0.3, 0.4) is 0 Å². The van der Waals surface area contributed by atoms with Crippen LogP contribution in [0.1, 0.15) is 19.3 Å². The molecule has 2 amide bonds. The van der Waals surface area contributed by atoms with Gasteiger partial charge in [0.1, 0.15) is 5.75 Å². The van der Waals surface area contributed by atoms with E-state index in [-0.39, 0.29) is 18.2 Å². The van der Waals surface area contributed by atoms with Crippen LogP contribution in [0.25, 0.3) is 0 Å². The van der Waals surface area contributed by atoms with E-state index in [9.17, 15) is 9.59 Å². The zero-order valence-corrected chi connectivity index (χ0v) is 13.4. The van der Waals surface area contributed by atoms with Crippen molar-refractivity contribution in [3.8, 4) is 5.75 Å². The number of amides is 2. The molecular weight excluding hydrogens is 304 g/mol. The summed E-state index contributed by atoms with van der Waals surface area (Å²) in [6, 6.07) is 16.8. The van der Waals surface area contributed by atoms with Gasteiger partial charge in [0.2, 0.25) is 11.8 Å². The number of carbonyl (C=O) groups is 2. The Kier molecular flexibility index (Phi) is 5.11. The van der Waals surface area contributed by atoms with E-state index in [2.05, 4.69) is 5.32 Å². The first-order valence-electron chi connectivity index (χ1n) is 8.10. The minimum absolute atomic E-state index is 0.115. The zero-order valence-electron chi connectivity index (χ0n) is 13.4. The summed E-state index contributed by atoms with van der Waals surface area (Å²) >= 11 is 0. The summed E-state index contributed by atoms with van der Waals surface area (Å²) in [5, 5.41) is 2.85. The number of rotatable bonds is 6. The number of hydrogen-bond acceptors (Lipinski definition) is 3. The molecule has 0 saturated carbocycles. The average molecular weight is 324 g/mol. The molecule has 1 aliphatic rings. The Morgan fingerprint density at radius 2 is 1.96 bits per heavy atom. The van der Waals surface area contributed by atoms with Crippen LogP contribution in [-0.4, -0.2) is 25.0 Å². The maximum Gasteiger partial charge on any atom is 0.227 e. The molecule has 0 bridgehead atoms. The monoisotopic (exact) mass is 324 g/mol. The van der Waals surface area contributed by atoms with Gasteiger partial charge in [0.15, 0.2) is 0 Å². The predicted molar refractivity (Wildman–Crippen MR) is 93.2 cm³/mol. The highest BCUT2D eigenvalue weighted by molar-refractivity contribution is 5.97. The van der Waals surface area contributed by atoms with Crippen molar-refractivity contribution >= 4 is 23.2 Å². The van der Waals surface area contributed by atoms with E-state index in [1.54, 1.807) is 4.90 Å². The topological polar surface area (TPSA) is 58.6 Å². The maximum atomic E-state index is 12.0. The Balaban J connectivity index is 1.52. The van der Waals surface area contributed by atoms with Crippen molar-refractivity contribution in [2.75, 3.05) is 23.4 Å².